The van der Waals surface area contributed by atoms with E-state index in [0.717, 1.165) is 82.8 Å². The Kier molecular flexibility index (Phi) is 7.80. The van der Waals surface area contributed by atoms with E-state index < -0.39 is 0 Å². The minimum Gasteiger partial charge on any atom is -0.454 e. The van der Waals surface area contributed by atoms with Crippen molar-refractivity contribution in [3.63, 3.8) is 0 Å². The van der Waals surface area contributed by atoms with Crippen molar-refractivity contribution < 1.29 is 4.42 Å². The van der Waals surface area contributed by atoms with Gasteiger partial charge < -0.3 is 13.6 Å². The van der Waals surface area contributed by atoms with Crippen molar-refractivity contribution >= 4 is 65.6 Å². The fraction of sp³-hybridized carbons (Fsp3) is 0. The number of benzene rings is 9. The second kappa shape index (κ2) is 14.0. The molecule has 9 aromatic carbocycles. The molecule has 294 valence electrons. The highest BCUT2D eigenvalue weighted by Crippen LogP contribution is 2.44. The van der Waals surface area contributed by atoms with E-state index in [1.54, 1.807) is 0 Å². The van der Waals surface area contributed by atoms with Crippen LogP contribution in [0.5, 0.6) is 0 Å². The third-order valence-electron chi connectivity index (χ3n) is 12.4. The summed E-state index contributed by atoms with van der Waals surface area (Å²) in [5.41, 5.74) is 13.3. The van der Waals surface area contributed by atoms with Crippen LogP contribution in [0.3, 0.4) is 0 Å². The van der Waals surface area contributed by atoms with E-state index in [-0.39, 0.29) is 0 Å². The Balaban J connectivity index is 1.07. The molecule has 0 bridgehead atoms. The van der Waals surface area contributed by atoms with Gasteiger partial charge in [0.15, 0.2) is 23.1 Å². The molecule has 0 aliphatic heterocycles. The Morgan fingerprint density at radius 3 is 1.57 bits per heavy atom. The normalized spacial score (nSPS) is 11.8. The molecule has 0 saturated heterocycles. The van der Waals surface area contributed by atoms with Crippen LogP contribution in [0.15, 0.2) is 217 Å². The topological polar surface area (TPSA) is 61.7 Å². The number of aromatic nitrogens is 5. The van der Waals surface area contributed by atoms with E-state index in [1.165, 1.54) is 21.9 Å². The first kappa shape index (κ1) is 35.2. The smallest absolute Gasteiger partial charge is 0.164 e. The molecule has 4 aromatic heterocycles. The van der Waals surface area contributed by atoms with Crippen molar-refractivity contribution in [2.45, 2.75) is 0 Å². The second-order valence-corrected chi connectivity index (χ2v) is 16.0. The quantitative estimate of drug-likeness (QED) is 0.168. The molecule has 4 heterocycles. The molecule has 0 N–H and O–H groups in total. The van der Waals surface area contributed by atoms with Crippen LogP contribution >= 0.6 is 0 Å². The molecule has 0 radical (unpaired) electrons. The third-order valence-corrected chi connectivity index (χ3v) is 12.4. The predicted molar refractivity (Wildman–Crippen MR) is 258 cm³/mol. The number of hydrogen-bond donors (Lipinski definition) is 0. The molecular weight excluding hydrogens is 771 g/mol. The van der Waals surface area contributed by atoms with Gasteiger partial charge in [-0.15, -0.1) is 0 Å². The Labute approximate surface area is 361 Å². The predicted octanol–water partition coefficient (Wildman–Crippen LogP) is 14.6. The van der Waals surface area contributed by atoms with Gasteiger partial charge in [-0.25, -0.2) is 15.0 Å². The number of rotatable bonds is 6. The first-order valence-electron chi connectivity index (χ1n) is 21.2. The highest BCUT2D eigenvalue weighted by atomic mass is 16.3. The summed E-state index contributed by atoms with van der Waals surface area (Å²) < 4.78 is 11.8. The zero-order chi connectivity index (χ0) is 41.4. The first-order chi connectivity index (χ1) is 31.2. The van der Waals surface area contributed by atoms with Crippen LogP contribution in [0.25, 0.3) is 122 Å². The second-order valence-electron chi connectivity index (χ2n) is 16.0. The highest BCUT2D eigenvalue weighted by Gasteiger charge is 2.24. The molecule has 0 fully saturated rings. The molecule has 13 aromatic rings. The molecule has 0 spiro atoms. The molecular formula is C57H35N5O. The van der Waals surface area contributed by atoms with E-state index in [9.17, 15) is 0 Å². The fourth-order valence-corrected chi connectivity index (χ4v) is 9.49. The Morgan fingerprint density at radius 2 is 0.857 bits per heavy atom. The van der Waals surface area contributed by atoms with Gasteiger partial charge in [-0.3, -0.25) is 0 Å². The molecule has 0 aliphatic rings. The van der Waals surface area contributed by atoms with E-state index in [2.05, 4.69) is 155 Å². The number of furan rings is 1. The van der Waals surface area contributed by atoms with Crippen molar-refractivity contribution in [1.82, 2.24) is 24.1 Å². The lowest BCUT2D eigenvalue weighted by atomic mass is 10.0. The Hall–Kier alpha value is -8.61. The first-order valence-corrected chi connectivity index (χ1v) is 21.2. The van der Waals surface area contributed by atoms with Gasteiger partial charge in [0.2, 0.25) is 0 Å². The maximum absolute atomic E-state index is 6.99. The lowest BCUT2D eigenvalue weighted by molar-refractivity contribution is 0.671. The van der Waals surface area contributed by atoms with Gasteiger partial charge in [-0.05, 0) is 65.7 Å². The molecule has 0 atom stereocenters. The molecule has 0 amide bonds. The van der Waals surface area contributed by atoms with Gasteiger partial charge in [0.25, 0.3) is 0 Å². The fourth-order valence-electron chi connectivity index (χ4n) is 9.49. The maximum atomic E-state index is 6.99. The zero-order valence-corrected chi connectivity index (χ0v) is 33.9. The maximum Gasteiger partial charge on any atom is 0.164 e. The molecule has 0 unspecified atom stereocenters. The lowest BCUT2D eigenvalue weighted by Crippen LogP contribution is -2.00. The standard InChI is InChI=1S/C57H35N5O/c1-5-16-36(17-6-1)39-28-30-43-42-24-13-14-26-48(42)62(50(43)35-39)49-27-15-25-44-45-31-32-46-47-34-40(29-33-51(47)63-54(46)53(45)61(52(44)49)41-22-11-4-12-23-41)57-59-55(37-18-7-2-8-19-37)58-56(60-57)38-20-9-3-10-21-38/h1-35H. The number of nitrogens with zero attached hydrogens (tertiary/aromatic N) is 5. The van der Waals surface area contributed by atoms with Crippen molar-refractivity contribution in [2.75, 3.05) is 0 Å². The van der Waals surface area contributed by atoms with Crippen LogP contribution in [-0.4, -0.2) is 24.1 Å². The summed E-state index contributed by atoms with van der Waals surface area (Å²) in [4.78, 5) is 15.0. The Morgan fingerprint density at radius 1 is 0.317 bits per heavy atom. The van der Waals surface area contributed by atoms with E-state index in [4.69, 9.17) is 19.4 Å². The van der Waals surface area contributed by atoms with Gasteiger partial charge in [0, 0.05) is 54.7 Å². The lowest BCUT2D eigenvalue weighted by Gasteiger charge is -2.14. The van der Waals surface area contributed by atoms with Crippen LogP contribution in [-0.2, 0) is 0 Å². The zero-order valence-electron chi connectivity index (χ0n) is 33.9. The van der Waals surface area contributed by atoms with Gasteiger partial charge in [0.05, 0.1) is 27.8 Å². The molecule has 63 heavy (non-hydrogen) atoms. The van der Waals surface area contributed by atoms with E-state index in [1.807, 2.05) is 66.7 Å². The third kappa shape index (κ3) is 5.55. The summed E-state index contributed by atoms with van der Waals surface area (Å²) in [7, 11) is 0. The largest absolute Gasteiger partial charge is 0.454 e. The monoisotopic (exact) mass is 805 g/mol. The molecule has 0 aliphatic carbocycles. The summed E-state index contributed by atoms with van der Waals surface area (Å²) in [5, 5.41) is 6.70. The average molecular weight is 806 g/mol. The molecule has 6 heteroatoms. The molecule has 0 saturated carbocycles. The molecule has 6 nitrogen and oxygen atoms in total. The van der Waals surface area contributed by atoms with E-state index >= 15 is 0 Å². The Bertz CT molecular complexity index is 3830. The summed E-state index contributed by atoms with van der Waals surface area (Å²) in [6.45, 7) is 0. The SMILES string of the molecule is c1ccc(-c2ccc3c4ccccc4n(-c4cccc5c6ccc7c8cc(-c9nc(-c%10ccccc%10)nc(-c%10ccccc%10)n9)ccc8oc7c6n(-c6ccccc6)c45)c3c2)cc1. The van der Waals surface area contributed by atoms with Crippen molar-refractivity contribution in [3.8, 4) is 56.7 Å². The van der Waals surface area contributed by atoms with Gasteiger partial charge in [-0.1, -0.05) is 158 Å². The minimum atomic E-state index is 0.602. The minimum absolute atomic E-state index is 0.602. The van der Waals surface area contributed by atoms with Gasteiger partial charge in [0.1, 0.15) is 5.58 Å². The van der Waals surface area contributed by atoms with Crippen molar-refractivity contribution in [2.24, 2.45) is 0 Å². The van der Waals surface area contributed by atoms with Crippen molar-refractivity contribution in [1.29, 1.82) is 0 Å². The summed E-state index contributed by atoms with van der Waals surface area (Å²) in [6, 6.07) is 74.5. The van der Waals surface area contributed by atoms with Crippen molar-refractivity contribution in [3.05, 3.63) is 212 Å². The number of hydrogen-bond acceptors (Lipinski definition) is 4. The summed E-state index contributed by atoms with van der Waals surface area (Å²) in [5.74, 6) is 1.85. The summed E-state index contributed by atoms with van der Waals surface area (Å²) >= 11 is 0. The van der Waals surface area contributed by atoms with Crippen LogP contribution in [0.4, 0.5) is 0 Å². The van der Waals surface area contributed by atoms with Crippen LogP contribution in [0, 0.1) is 0 Å². The van der Waals surface area contributed by atoms with Crippen LogP contribution < -0.4 is 0 Å². The van der Waals surface area contributed by atoms with Crippen LogP contribution in [0.1, 0.15) is 0 Å². The molecule has 13 rings (SSSR count). The van der Waals surface area contributed by atoms with E-state index in [0.29, 0.717) is 17.5 Å². The highest BCUT2D eigenvalue weighted by molar-refractivity contribution is 6.23. The summed E-state index contributed by atoms with van der Waals surface area (Å²) in [6.07, 6.45) is 0. The average Bonchev–Trinajstić information content (AvgIpc) is 4.02. The van der Waals surface area contributed by atoms with Gasteiger partial charge in [-0.2, -0.15) is 0 Å². The number of fused-ring (bicyclic) bond motifs is 10. The van der Waals surface area contributed by atoms with Gasteiger partial charge >= 0.3 is 0 Å². The number of para-hydroxylation sites is 3. The van der Waals surface area contributed by atoms with Crippen LogP contribution in [0.2, 0.25) is 0 Å².